The van der Waals surface area contributed by atoms with E-state index in [2.05, 4.69) is 20.7 Å². The molecule has 0 radical (unpaired) electrons. The Morgan fingerprint density at radius 1 is 1.24 bits per heavy atom. The third-order valence-electron chi connectivity index (χ3n) is 3.12. The Morgan fingerprint density at radius 3 is 2.57 bits per heavy atom. The molecule has 112 valence electrons. The Morgan fingerprint density at radius 2 is 1.90 bits per heavy atom. The van der Waals surface area contributed by atoms with Crippen molar-refractivity contribution in [2.75, 3.05) is 10.5 Å². The van der Waals surface area contributed by atoms with Crippen LogP contribution in [0.1, 0.15) is 11.1 Å². The summed E-state index contributed by atoms with van der Waals surface area (Å²) in [6.45, 7) is 3.58. The summed E-state index contributed by atoms with van der Waals surface area (Å²) in [6, 6.07) is 8.18. The van der Waals surface area contributed by atoms with Crippen molar-refractivity contribution >= 4 is 48.9 Å². The number of hydrogen-bond donors (Lipinski definition) is 2. The van der Waals surface area contributed by atoms with Gasteiger partial charge in [-0.2, -0.15) is 0 Å². The van der Waals surface area contributed by atoms with Gasteiger partial charge in [-0.1, -0.05) is 33.6 Å². The van der Waals surface area contributed by atoms with Crippen LogP contribution in [0.5, 0.6) is 0 Å². The minimum atomic E-state index is -3.81. The van der Waals surface area contributed by atoms with E-state index in [0.717, 1.165) is 15.6 Å². The van der Waals surface area contributed by atoms with Crippen LogP contribution in [0.2, 0.25) is 5.02 Å². The van der Waals surface area contributed by atoms with E-state index in [1.165, 1.54) is 6.07 Å². The molecule has 0 spiro atoms. The molecule has 0 aliphatic carbocycles. The number of rotatable bonds is 3. The number of halogens is 2. The Kier molecular flexibility index (Phi) is 4.51. The van der Waals surface area contributed by atoms with Crippen molar-refractivity contribution in [3.05, 3.63) is 51.0 Å². The number of nitrogen functional groups attached to an aromatic ring is 1. The summed E-state index contributed by atoms with van der Waals surface area (Å²) in [5.74, 6) is 0. The minimum absolute atomic E-state index is 0.0355. The van der Waals surface area contributed by atoms with Gasteiger partial charge in [0.1, 0.15) is 4.90 Å². The number of hydrogen-bond acceptors (Lipinski definition) is 3. The third kappa shape index (κ3) is 3.33. The van der Waals surface area contributed by atoms with Gasteiger partial charge in [-0.05, 0) is 49.2 Å². The van der Waals surface area contributed by atoms with Crippen LogP contribution in [0.15, 0.2) is 39.7 Å². The summed E-state index contributed by atoms with van der Waals surface area (Å²) in [4.78, 5) is -0.0355. The van der Waals surface area contributed by atoms with E-state index < -0.39 is 10.0 Å². The molecule has 0 amide bonds. The summed E-state index contributed by atoms with van der Waals surface area (Å²) in [5, 5.41) is 0.141. The molecule has 0 aliphatic heterocycles. The Labute approximate surface area is 137 Å². The lowest BCUT2D eigenvalue weighted by atomic mass is 10.2. The van der Waals surface area contributed by atoms with Gasteiger partial charge < -0.3 is 5.73 Å². The summed E-state index contributed by atoms with van der Waals surface area (Å²) >= 11 is 9.40. The highest BCUT2D eigenvalue weighted by atomic mass is 79.9. The van der Waals surface area contributed by atoms with Gasteiger partial charge in [-0.25, -0.2) is 8.42 Å². The number of anilines is 2. The van der Waals surface area contributed by atoms with E-state index in [1.807, 2.05) is 13.0 Å². The van der Waals surface area contributed by atoms with Crippen LogP contribution in [-0.2, 0) is 10.0 Å². The molecular formula is C14H14BrClN2O2S. The zero-order valence-corrected chi connectivity index (χ0v) is 14.6. The standard InChI is InChI=1S/C14H14BrClN2O2S/c1-8-6-11(16)14(7-12(8)17)21(19,20)18-13-5-3-4-10(15)9(13)2/h3-7,18H,17H2,1-2H3. The van der Waals surface area contributed by atoms with Crippen LogP contribution in [-0.4, -0.2) is 8.42 Å². The fraction of sp³-hybridized carbons (Fsp3) is 0.143. The number of nitrogens with one attached hydrogen (secondary N) is 1. The van der Waals surface area contributed by atoms with Crippen LogP contribution in [0.25, 0.3) is 0 Å². The summed E-state index contributed by atoms with van der Waals surface area (Å²) in [5.41, 5.74) is 8.16. The summed E-state index contributed by atoms with van der Waals surface area (Å²) in [7, 11) is -3.81. The zero-order valence-electron chi connectivity index (χ0n) is 11.4. The molecule has 0 saturated heterocycles. The molecule has 2 aromatic carbocycles. The molecule has 7 heteroatoms. The van der Waals surface area contributed by atoms with Gasteiger partial charge in [0, 0.05) is 10.2 Å². The molecule has 3 N–H and O–H groups in total. The molecule has 0 bridgehead atoms. The summed E-state index contributed by atoms with van der Waals surface area (Å²) < 4.78 is 28.3. The van der Waals surface area contributed by atoms with E-state index in [9.17, 15) is 8.42 Å². The van der Waals surface area contributed by atoms with Gasteiger partial charge in [0.05, 0.1) is 10.7 Å². The first kappa shape index (κ1) is 16.1. The van der Waals surface area contributed by atoms with Crippen LogP contribution in [0, 0.1) is 13.8 Å². The molecule has 0 saturated carbocycles. The number of aryl methyl sites for hydroxylation is 1. The minimum Gasteiger partial charge on any atom is -0.398 e. The topological polar surface area (TPSA) is 72.2 Å². The van der Waals surface area contributed by atoms with E-state index in [4.69, 9.17) is 17.3 Å². The van der Waals surface area contributed by atoms with Crippen molar-refractivity contribution in [1.82, 2.24) is 0 Å². The second-order valence-corrected chi connectivity index (χ2v) is 7.57. The molecule has 0 aliphatic rings. The smallest absolute Gasteiger partial charge is 0.263 e. The largest absolute Gasteiger partial charge is 0.398 e. The SMILES string of the molecule is Cc1cc(Cl)c(S(=O)(=O)Nc2cccc(Br)c2C)cc1N. The van der Waals surface area contributed by atoms with Crippen molar-refractivity contribution in [1.29, 1.82) is 0 Å². The first-order valence-electron chi connectivity index (χ1n) is 6.06. The van der Waals surface area contributed by atoms with E-state index in [0.29, 0.717) is 11.4 Å². The zero-order chi connectivity index (χ0) is 15.8. The first-order valence-corrected chi connectivity index (χ1v) is 8.71. The first-order chi connectivity index (χ1) is 9.72. The maximum absolute atomic E-state index is 12.5. The van der Waals surface area contributed by atoms with E-state index in [-0.39, 0.29) is 9.92 Å². The van der Waals surface area contributed by atoms with Crippen LogP contribution < -0.4 is 10.5 Å². The highest BCUT2D eigenvalue weighted by Gasteiger charge is 2.20. The maximum atomic E-state index is 12.5. The maximum Gasteiger partial charge on any atom is 0.263 e. The van der Waals surface area contributed by atoms with Crippen LogP contribution in [0.3, 0.4) is 0 Å². The Balaban J connectivity index is 2.48. The van der Waals surface area contributed by atoms with Crippen molar-refractivity contribution < 1.29 is 8.42 Å². The third-order valence-corrected chi connectivity index (χ3v) is 5.81. The lowest BCUT2D eigenvalue weighted by molar-refractivity contribution is 0.601. The highest BCUT2D eigenvalue weighted by Crippen LogP contribution is 2.30. The lowest BCUT2D eigenvalue weighted by Crippen LogP contribution is -2.15. The monoisotopic (exact) mass is 388 g/mol. The predicted octanol–water partition coefficient (Wildman–Crippen LogP) is 4.10. The lowest BCUT2D eigenvalue weighted by Gasteiger charge is -2.13. The molecule has 21 heavy (non-hydrogen) atoms. The molecule has 2 rings (SSSR count). The average molecular weight is 390 g/mol. The van der Waals surface area contributed by atoms with Gasteiger partial charge in [-0.15, -0.1) is 0 Å². The van der Waals surface area contributed by atoms with E-state index >= 15 is 0 Å². The second kappa shape index (κ2) is 5.87. The number of nitrogens with two attached hydrogens (primary N) is 1. The molecule has 0 aromatic heterocycles. The fourth-order valence-electron chi connectivity index (χ4n) is 1.79. The van der Waals surface area contributed by atoms with Gasteiger partial charge in [0.25, 0.3) is 10.0 Å². The molecule has 0 fully saturated rings. The highest BCUT2D eigenvalue weighted by molar-refractivity contribution is 9.10. The number of sulfonamides is 1. The molecule has 4 nitrogen and oxygen atoms in total. The van der Waals surface area contributed by atoms with Crippen molar-refractivity contribution in [3.63, 3.8) is 0 Å². The van der Waals surface area contributed by atoms with Crippen molar-refractivity contribution in [2.45, 2.75) is 18.7 Å². The van der Waals surface area contributed by atoms with Crippen molar-refractivity contribution in [2.24, 2.45) is 0 Å². The normalized spacial score (nSPS) is 11.4. The Bertz CT molecular complexity index is 807. The molecule has 0 unspecified atom stereocenters. The fourth-order valence-corrected chi connectivity index (χ4v) is 3.90. The molecule has 0 heterocycles. The molecular weight excluding hydrogens is 376 g/mol. The van der Waals surface area contributed by atoms with Gasteiger partial charge in [0.15, 0.2) is 0 Å². The van der Waals surface area contributed by atoms with Crippen molar-refractivity contribution in [3.8, 4) is 0 Å². The van der Waals surface area contributed by atoms with E-state index in [1.54, 1.807) is 25.1 Å². The Hall–Kier alpha value is -1.24. The average Bonchev–Trinajstić information content (AvgIpc) is 2.39. The van der Waals surface area contributed by atoms with Gasteiger partial charge in [-0.3, -0.25) is 4.72 Å². The second-order valence-electron chi connectivity index (χ2n) is 4.66. The van der Waals surface area contributed by atoms with Gasteiger partial charge in [0.2, 0.25) is 0 Å². The summed E-state index contributed by atoms with van der Waals surface area (Å²) in [6.07, 6.45) is 0. The number of benzene rings is 2. The molecule has 0 atom stereocenters. The predicted molar refractivity (Wildman–Crippen MR) is 90.3 cm³/mol. The van der Waals surface area contributed by atoms with Crippen LogP contribution in [0.4, 0.5) is 11.4 Å². The molecule has 2 aromatic rings. The van der Waals surface area contributed by atoms with Crippen LogP contribution >= 0.6 is 27.5 Å². The quantitative estimate of drug-likeness (QED) is 0.776. The van der Waals surface area contributed by atoms with Gasteiger partial charge >= 0.3 is 0 Å².